The number of amides is 3. The summed E-state index contributed by atoms with van der Waals surface area (Å²) >= 11 is 0.796. The highest BCUT2D eigenvalue weighted by Crippen LogP contribution is 2.41. The third kappa shape index (κ3) is 9.59. The lowest BCUT2D eigenvalue weighted by Gasteiger charge is -2.19. The number of hydrogen-bond acceptors (Lipinski definition) is 4. The number of anilines is 2. The van der Waals surface area contributed by atoms with E-state index in [-0.39, 0.29) is 16.9 Å². The molecule has 1 atom stereocenters. The maximum atomic E-state index is 14.8. The molecule has 14 heteroatoms. The quantitative estimate of drug-likeness (QED) is 0.0527. The van der Waals surface area contributed by atoms with Crippen LogP contribution in [-0.4, -0.2) is 17.7 Å². The molecule has 57 heavy (non-hydrogen) atoms. The second-order valence-electron chi connectivity index (χ2n) is 12.2. The van der Waals surface area contributed by atoms with Crippen molar-refractivity contribution in [3.8, 4) is 11.1 Å². The number of carbonyl (C=O) groups is 3. The lowest BCUT2D eigenvalue weighted by molar-refractivity contribution is -0.143. The van der Waals surface area contributed by atoms with Gasteiger partial charge in [0, 0.05) is 16.1 Å². The zero-order chi connectivity index (χ0) is 40.7. The van der Waals surface area contributed by atoms with E-state index in [1.165, 1.54) is 54.6 Å². The van der Waals surface area contributed by atoms with Crippen LogP contribution in [0.1, 0.15) is 32.3 Å². The van der Waals surface area contributed by atoms with Crippen molar-refractivity contribution in [2.45, 2.75) is 16.3 Å². The topological polar surface area (TPSA) is 87.3 Å². The Balaban J connectivity index is 1.26. The van der Waals surface area contributed by atoms with Crippen LogP contribution < -0.4 is 16.0 Å². The molecular weight excluding hydrogens is 772 g/mol. The zero-order valence-electron chi connectivity index (χ0n) is 29.2. The molecule has 0 fully saturated rings. The van der Waals surface area contributed by atoms with Crippen molar-refractivity contribution in [2.75, 3.05) is 10.6 Å². The largest absolute Gasteiger partial charge is 0.422 e. The van der Waals surface area contributed by atoms with Crippen LogP contribution in [0.15, 0.2) is 150 Å². The first-order valence-electron chi connectivity index (χ1n) is 16.9. The van der Waals surface area contributed by atoms with Crippen molar-refractivity contribution in [1.29, 1.82) is 0 Å². The van der Waals surface area contributed by atoms with E-state index in [9.17, 15) is 45.1 Å². The van der Waals surface area contributed by atoms with Gasteiger partial charge < -0.3 is 16.0 Å². The predicted octanol–water partition coefficient (Wildman–Crippen LogP) is 10.8. The number of carbonyl (C=O) groups excluding carboxylic acids is 3. The van der Waals surface area contributed by atoms with Gasteiger partial charge in [-0.1, -0.05) is 109 Å². The number of hydrogen-bond donors (Lipinski definition) is 3. The molecular formula is C43H28F7N3O3S. The van der Waals surface area contributed by atoms with Gasteiger partial charge in [0.25, 0.3) is 11.8 Å². The summed E-state index contributed by atoms with van der Waals surface area (Å²) in [6.07, 6.45) is -4.27. The first kappa shape index (κ1) is 40.0. The van der Waals surface area contributed by atoms with E-state index in [0.29, 0.717) is 16.0 Å². The molecule has 3 N–H and O–H groups in total. The van der Waals surface area contributed by atoms with Gasteiger partial charge in [-0.2, -0.15) is 13.2 Å². The number of benzene rings is 6. The number of halogens is 7. The molecule has 6 nitrogen and oxygen atoms in total. The normalized spacial score (nSPS) is 12.1. The molecule has 3 amide bonds. The SMILES string of the molecule is O=C(Nc1cccc(SC(C(=O)Nc2c(F)c(F)c(C(F)(F)F)c(F)c2F)c2ccccc2)c1)/C(=C\c1ccc(-c2ccccc2)cc1)NC(=O)c1ccccc1. The first-order valence-corrected chi connectivity index (χ1v) is 17.8. The Labute approximate surface area is 325 Å². The second kappa shape index (κ2) is 17.4. The van der Waals surface area contributed by atoms with Crippen molar-refractivity contribution in [2.24, 2.45) is 0 Å². The molecule has 0 aliphatic rings. The van der Waals surface area contributed by atoms with Crippen LogP contribution in [-0.2, 0) is 15.8 Å². The summed E-state index contributed by atoms with van der Waals surface area (Å²) in [7, 11) is 0. The number of rotatable bonds is 11. The summed E-state index contributed by atoms with van der Waals surface area (Å²) in [4.78, 5) is 40.8. The van der Waals surface area contributed by atoms with E-state index in [0.717, 1.165) is 22.9 Å². The lowest BCUT2D eigenvalue weighted by Crippen LogP contribution is -2.30. The van der Waals surface area contributed by atoms with Crippen LogP contribution in [0.25, 0.3) is 17.2 Å². The van der Waals surface area contributed by atoms with Crippen molar-refractivity contribution < 1.29 is 45.1 Å². The molecule has 1 unspecified atom stereocenters. The number of alkyl halides is 3. The molecule has 0 radical (unpaired) electrons. The van der Waals surface area contributed by atoms with Gasteiger partial charge in [-0.05, 0) is 58.7 Å². The molecule has 0 bridgehead atoms. The smallest absolute Gasteiger partial charge is 0.321 e. The highest BCUT2D eigenvalue weighted by molar-refractivity contribution is 8.00. The molecule has 0 aliphatic heterocycles. The van der Waals surface area contributed by atoms with Gasteiger partial charge >= 0.3 is 6.18 Å². The van der Waals surface area contributed by atoms with Crippen LogP contribution in [0.2, 0.25) is 0 Å². The predicted molar refractivity (Wildman–Crippen MR) is 204 cm³/mol. The van der Waals surface area contributed by atoms with Crippen molar-refractivity contribution in [1.82, 2.24) is 5.32 Å². The van der Waals surface area contributed by atoms with Gasteiger partial charge in [-0.15, -0.1) is 11.8 Å². The van der Waals surface area contributed by atoms with E-state index >= 15 is 0 Å². The molecule has 0 saturated carbocycles. The molecule has 0 saturated heterocycles. The van der Waals surface area contributed by atoms with Crippen LogP contribution in [0.4, 0.5) is 42.1 Å². The van der Waals surface area contributed by atoms with Gasteiger partial charge in [0.05, 0.1) is 0 Å². The van der Waals surface area contributed by atoms with Crippen LogP contribution in [0.5, 0.6) is 0 Å². The molecule has 0 aromatic heterocycles. The minimum absolute atomic E-state index is 0.115. The molecule has 6 aromatic carbocycles. The minimum atomic E-state index is -5.76. The summed E-state index contributed by atoms with van der Waals surface area (Å²) < 4.78 is 97.7. The third-order valence-electron chi connectivity index (χ3n) is 8.34. The fourth-order valence-electron chi connectivity index (χ4n) is 5.57. The van der Waals surface area contributed by atoms with Gasteiger partial charge in [-0.3, -0.25) is 14.4 Å². The molecule has 0 spiro atoms. The fourth-order valence-corrected chi connectivity index (χ4v) is 6.66. The van der Waals surface area contributed by atoms with E-state index in [1.807, 2.05) is 42.5 Å². The van der Waals surface area contributed by atoms with Crippen LogP contribution >= 0.6 is 11.8 Å². The van der Waals surface area contributed by atoms with Crippen LogP contribution in [0, 0.1) is 23.3 Å². The summed E-state index contributed by atoms with van der Waals surface area (Å²) in [5, 5.41) is 5.70. The Hall–Kier alpha value is -6.67. The summed E-state index contributed by atoms with van der Waals surface area (Å²) in [5.74, 6) is -12.8. The lowest BCUT2D eigenvalue weighted by atomic mass is 10.0. The van der Waals surface area contributed by atoms with E-state index in [2.05, 4.69) is 10.6 Å². The van der Waals surface area contributed by atoms with Gasteiger partial charge in [0.2, 0.25) is 5.91 Å². The summed E-state index contributed by atoms with van der Waals surface area (Å²) in [6.45, 7) is 0. The maximum Gasteiger partial charge on any atom is 0.422 e. The third-order valence-corrected chi connectivity index (χ3v) is 9.59. The van der Waals surface area contributed by atoms with Gasteiger partial charge in [-0.25, -0.2) is 17.6 Å². The highest BCUT2D eigenvalue weighted by Gasteiger charge is 2.43. The molecule has 0 heterocycles. The van der Waals surface area contributed by atoms with Gasteiger partial charge in [0.1, 0.15) is 22.2 Å². The van der Waals surface area contributed by atoms with E-state index in [4.69, 9.17) is 0 Å². The molecule has 6 aromatic rings. The van der Waals surface area contributed by atoms with E-state index in [1.54, 1.807) is 53.8 Å². The highest BCUT2D eigenvalue weighted by atomic mass is 32.2. The zero-order valence-corrected chi connectivity index (χ0v) is 30.0. The number of nitrogens with one attached hydrogen (secondary N) is 3. The Morgan fingerprint density at radius 3 is 1.77 bits per heavy atom. The average molecular weight is 800 g/mol. The Morgan fingerprint density at radius 1 is 0.614 bits per heavy atom. The monoisotopic (exact) mass is 799 g/mol. The Kier molecular flexibility index (Phi) is 12.2. The fraction of sp³-hybridized carbons (Fsp3) is 0.0465. The van der Waals surface area contributed by atoms with Crippen molar-refractivity contribution >= 4 is 46.9 Å². The number of thioether (sulfide) groups is 1. The minimum Gasteiger partial charge on any atom is -0.321 e. The second-order valence-corrected chi connectivity index (χ2v) is 13.4. The van der Waals surface area contributed by atoms with Crippen LogP contribution in [0.3, 0.4) is 0 Å². The van der Waals surface area contributed by atoms with Crippen molar-refractivity contribution in [3.05, 3.63) is 191 Å². The summed E-state index contributed by atoms with van der Waals surface area (Å²) in [6, 6.07) is 38.8. The van der Waals surface area contributed by atoms with Gasteiger partial charge in [0.15, 0.2) is 23.3 Å². The van der Waals surface area contributed by atoms with E-state index < -0.39 is 63.7 Å². The summed E-state index contributed by atoms with van der Waals surface area (Å²) in [5.41, 5.74) is -1.39. The average Bonchev–Trinajstić information content (AvgIpc) is 3.21. The first-order chi connectivity index (χ1) is 27.3. The Morgan fingerprint density at radius 2 is 1.18 bits per heavy atom. The Bertz CT molecular complexity index is 2420. The standard InChI is InChI=1S/C43H28F7N3O3S/c44-34-33(43(48,49)50)35(45)37(47)38(36(34)46)53-42(56)39(28-13-6-2-7-14-28)57-31-18-10-17-30(24-31)51-41(55)32(52-40(54)29-15-8-3-9-16-29)23-25-19-21-27(22-20-25)26-11-4-1-5-12-26/h1-24,39H,(H,51,55)(H,52,54)(H,53,56)/b32-23+. The molecule has 6 rings (SSSR count). The molecule has 0 aliphatic carbocycles. The maximum absolute atomic E-state index is 14.8. The molecule has 288 valence electrons. The van der Waals surface area contributed by atoms with Crippen molar-refractivity contribution in [3.63, 3.8) is 0 Å².